The van der Waals surface area contributed by atoms with E-state index in [1.54, 1.807) is 22.4 Å². The summed E-state index contributed by atoms with van der Waals surface area (Å²) in [7, 11) is 3.20. The van der Waals surface area contributed by atoms with E-state index >= 15 is 0 Å². The average molecular weight is 515 g/mol. The monoisotopic (exact) mass is 514 g/mol. The molecule has 1 saturated heterocycles. The predicted octanol–water partition coefficient (Wildman–Crippen LogP) is 2.86. The molecule has 0 radical (unpaired) electrons. The van der Waals surface area contributed by atoms with Crippen LogP contribution in [-0.4, -0.2) is 68.1 Å². The highest BCUT2D eigenvalue weighted by molar-refractivity contribution is 5.92. The van der Waals surface area contributed by atoms with E-state index in [4.69, 9.17) is 9.72 Å². The van der Waals surface area contributed by atoms with Crippen LogP contribution in [0.5, 0.6) is 0 Å². The molecule has 1 amide bonds. The average Bonchev–Trinajstić information content (AvgIpc) is 3.56. The van der Waals surface area contributed by atoms with Crippen molar-refractivity contribution in [2.45, 2.75) is 25.6 Å². The Bertz CT molecular complexity index is 1440. The number of anilines is 1. The number of nitrogens with one attached hydrogen (secondary N) is 1. The summed E-state index contributed by atoms with van der Waals surface area (Å²) in [5, 5.41) is 11.7. The van der Waals surface area contributed by atoms with Crippen molar-refractivity contribution < 1.29 is 22.7 Å². The highest BCUT2D eigenvalue weighted by Gasteiger charge is 2.31. The van der Waals surface area contributed by atoms with E-state index in [0.717, 1.165) is 18.6 Å². The molecule has 194 valence electrons. The molecule has 1 fully saturated rings. The lowest BCUT2D eigenvalue weighted by Crippen LogP contribution is -2.39. The Morgan fingerprint density at radius 2 is 1.97 bits per heavy atom. The molecule has 1 aliphatic rings. The molecule has 1 aromatic carbocycles. The Morgan fingerprint density at radius 3 is 2.68 bits per heavy atom. The van der Waals surface area contributed by atoms with Crippen LogP contribution in [0.1, 0.15) is 17.8 Å². The molecule has 4 aromatic rings. The summed E-state index contributed by atoms with van der Waals surface area (Å²) in [6.45, 7) is 3.02. The number of hydrogen-bond donors (Lipinski definition) is 1. The molecule has 0 aliphatic carbocycles. The van der Waals surface area contributed by atoms with Gasteiger partial charge in [-0.1, -0.05) is 12.1 Å². The van der Waals surface area contributed by atoms with Crippen LogP contribution >= 0.6 is 0 Å². The largest absolute Gasteiger partial charge is 0.416 e. The van der Waals surface area contributed by atoms with Gasteiger partial charge in [0, 0.05) is 44.4 Å². The lowest BCUT2D eigenvalue weighted by molar-refractivity contribution is -0.137. The number of carbonyl (C=O) groups is 1. The van der Waals surface area contributed by atoms with Crippen molar-refractivity contribution in [3.8, 4) is 22.5 Å². The number of aromatic nitrogens is 6. The number of nitrogens with zero attached hydrogens (tertiary/aromatic N) is 7. The van der Waals surface area contributed by atoms with Crippen molar-refractivity contribution in [3.63, 3.8) is 0 Å². The number of halogens is 3. The first kappa shape index (κ1) is 24.7. The fraction of sp³-hybridized carbons (Fsp3) is 0.375. The number of amides is 1. The Kier molecular flexibility index (Phi) is 6.31. The van der Waals surface area contributed by atoms with Crippen LogP contribution in [0.2, 0.25) is 0 Å². The van der Waals surface area contributed by atoms with Gasteiger partial charge in [0.25, 0.3) is 0 Å². The van der Waals surface area contributed by atoms with E-state index in [1.807, 2.05) is 6.92 Å². The van der Waals surface area contributed by atoms with Gasteiger partial charge in [-0.05, 0) is 25.5 Å². The van der Waals surface area contributed by atoms with E-state index in [-0.39, 0.29) is 18.6 Å². The van der Waals surface area contributed by atoms with Crippen molar-refractivity contribution in [1.82, 2.24) is 34.7 Å². The second-order valence-electron chi connectivity index (χ2n) is 8.89. The summed E-state index contributed by atoms with van der Waals surface area (Å²) in [6.07, 6.45) is -0.591. The zero-order valence-corrected chi connectivity index (χ0v) is 20.5. The van der Waals surface area contributed by atoms with Crippen LogP contribution < -0.4 is 10.2 Å². The Hall–Kier alpha value is -4.00. The minimum atomic E-state index is -4.42. The van der Waals surface area contributed by atoms with E-state index in [2.05, 4.69) is 25.4 Å². The highest BCUT2D eigenvalue weighted by atomic mass is 19.4. The van der Waals surface area contributed by atoms with Crippen molar-refractivity contribution >= 4 is 17.2 Å². The molecule has 0 bridgehead atoms. The molecule has 37 heavy (non-hydrogen) atoms. The van der Waals surface area contributed by atoms with Crippen molar-refractivity contribution in [2.24, 2.45) is 7.05 Å². The smallest absolute Gasteiger partial charge is 0.375 e. The maximum absolute atomic E-state index is 13.1. The minimum absolute atomic E-state index is 0.00600. The third-order valence-corrected chi connectivity index (χ3v) is 6.38. The Morgan fingerprint density at radius 1 is 1.22 bits per heavy atom. The number of imidazole rings is 1. The Labute approximate surface area is 210 Å². The van der Waals surface area contributed by atoms with E-state index in [1.165, 1.54) is 25.6 Å². The van der Waals surface area contributed by atoms with Crippen LogP contribution in [0.3, 0.4) is 0 Å². The first-order valence-corrected chi connectivity index (χ1v) is 11.6. The van der Waals surface area contributed by atoms with E-state index < -0.39 is 11.7 Å². The quantitative estimate of drug-likeness (QED) is 0.422. The second kappa shape index (κ2) is 9.47. The summed E-state index contributed by atoms with van der Waals surface area (Å²) in [5.41, 5.74) is 2.35. The molecule has 0 spiro atoms. The molecule has 1 N–H and O–H groups in total. The van der Waals surface area contributed by atoms with Gasteiger partial charge < -0.3 is 15.0 Å². The fourth-order valence-electron chi connectivity index (χ4n) is 4.72. The number of ether oxygens (including phenoxy) is 1. The maximum atomic E-state index is 13.1. The molecule has 10 nitrogen and oxygen atoms in total. The zero-order valence-electron chi connectivity index (χ0n) is 20.5. The third kappa shape index (κ3) is 4.61. The molecule has 4 heterocycles. The molecule has 1 aliphatic heterocycles. The highest BCUT2D eigenvalue weighted by Crippen LogP contribution is 2.38. The normalized spacial score (nSPS) is 16.1. The SMILES string of the molecule is COCC(=O)N[C@H]1CCN(c2ncnn3c(C)nc(-c4cnn(C)c4-c4ccc(C(F)(F)F)cc4)c23)C1. The lowest BCUT2D eigenvalue weighted by atomic mass is 10.0. The summed E-state index contributed by atoms with van der Waals surface area (Å²) >= 11 is 0. The number of rotatable bonds is 6. The molecular weight excluding hydrogens is 489 g/mol. The van der Waals surface area contributed by atoms with Crippen LogP contribution in [0.15, 0.2) is 36.8 Å². The van der Waals surface area contributed by atoms with Gasteiger partial charge >= 0.3 is 6.18 Å². The molecule has 1 atom stereocenters. The summed E-state index contributed by atoms with van der Waals surface area (Å²) in [5.74, 6) is 1.09. The van der Waals surface area contributed by atoms with Crippen LogP contribution in [0.4, 0.5) is 19.0 Å². The zero-order chi connectivity index (χ0) is 26.3. The third-order valence-electron chi connectivity index (χ3n) is 6.38. The van der Waals surface area contributed by atoms with Crippen molar-refractivity contribution in [3.05, 3.63) is 48.2 Å². The minimum Gasteiger partial charge on any atom is -0.375 e. The molecular formula is C24H25F3N8O2. The van der Waals surface area contributed by atoms with Crippen molar-refractivity contribution in [2.75, 3.05) is 31.7 Å². The number of benzene rings is 1. The standard InChI is InChI=1S/C24H25F3N8O2/c1-14-31-20(18-10-29-33(2)21(18)15-4-6-16(7-5-15)24(25,26)27)22-23(28-13-30-35(14)22)34-9-8-17(11-34)32-19(36)12-37-3/h4-7,10,13,17H,8-9,11-12H2,1-3H3,(H,32,36)/t17-/m0/s1. The lowest BCUT2D eigenvalue weighted by Gasteiger charge is -2.19. The topological polar surface area (TPSA) is 102 Å². The summed E-state index contributed by atoms with van der Waals surface area (Å²) in [4.78, 5) is 23.3. The number of hydrogen-bond acceptors (Lipinski definition) is 7. The molecule has 3 aromatic heterocycles. The Balaban J connectivity index is 1.55. The molecule has 0 saturated carbocycles. The van der Waals surface area contributed by atoms with Gasteiger partial charge in [0.05, 0.1) is 17.5 Å². The summed E-state index contributed by atoms with van der Waals surface area (Å²) < 4.78 is 47.5. The number of aryl methyl sites for hydroxylation is 2. The fourth-order valence-corrected chi connectivity index (χ4v) is 4.72. The van der Waals surface area contributed by atoms with Gasteiger partial charge in [-0.3, -0.25) is 9.48 Å². The van der Waals surface area contributed by atoms with Crippen LogP contribution in [0.25, 0.3) is 28.0 Å². The van der Waals surface area contributed by atoms with Crippen LogP contribution in [-0.2, 0) is 22.8 Å². The molecule has 13 heteroatoms. The molecule has 0 unspecified atom stereocenters. The van der Waals surface area contributed by atoms with Crippen molar-refractivity contribution in [1.29, 1.82) is 0 Å². The van der Waals surface area contributed by atoms with Gasteiger partial charge in [-0.2, -0.15) is 23.4 Å². The first-order chi connectivity index (χ1) is 17.7. The number of alkyl halides is 3. The first-order valence-electron chi connectivity index (χ1n) is 11.6. The van der Waals surface area contributed by atoms with Gasteiger partial charge in [0.15, 0.2) is 5.82 Å². The van der Waals surface area contributed by atoms with Gasteiger partial charge in [0.1, 0.15) is 30.0 Å². The predicted molar refractivity (Wildman–Crippen MR) is 129 cm³/mol. The van der Waals surface area contributed by atoms with Gasteiger partial charge in [-0.25, -0.2) is 14.5 Å². The number of carbonyl (C=O) groups excluding carboxylic acids is 1. The van der Waals surface area contributed by atoms with Crippen LogP contribution in [0, 0.1) is 6.92 Å². The number of fused-ring (bicyclic) bond motifs is 1. The number of methoxy groups -OCH3 is 1. The van der Waals surface area contributed by atoms with Gasteiger partial charge in [0.2, 0.25) is 5.91 Å². The second-order valence-corrected chi connectivity index (χ2v) is 8.89. The maximum Gasteiger partial charge on any atom is 0.416 e. The van der Waals surface area contributed by atoms with Gasteiger partial charge in [-0.15, -0.1) is 0 Å². The summed E-state index contributed by atoms with van der Waals surface area (Å²) in [6, 6.07) is 4.91. The molecule has 5 rings (SSSR count). The van der Waals surface area contributed by atoms with E-state index in [9.17, 15) is 18.0 Å². The van der Waals surface area contributed by atoms with E-state index in [0.29, 0.717) is 52.8 Å².